The summed E-state index contributed by atoms with van der Waals surface area (Å²) in [6.07, 6.45) is -0.373. The maximum absolute atomic E-state index is 12.6. The van der Waals surface area contributed by atoms with Gasteiger partial charge in [0.1, 0.15) is 6.04 Å². The number of nitrogens with zero attached hydrogens (tertiary/aromatic N) is 1. The van der Waals surface area contributed by atoms with Crippen molar-refractivity contribution in [3.05, 3.63) is 71.8 Å². The van der Waals surface area contributed by atoms with Crippen molar-refractivity contribution < 1.29 is 22.8 Å². The van der Waals surface area contributed by atoms with E-state index in [1.165, 1.54) is 29.2 Å². The number of hydrogen-bond acceptors (Lipinski definition) is 2. The van der Waals surface area contributed by atoms with Crippen LogP contribution in [0.4, 0.5) is 18.9 Å². The Morgan fingerprint density at radius 2 is 1.71 bits per heavy atom. The molecule has 4 nitrogen and oxygen atoms in total. The van der Waals surface area contributed by atoms with Crippen LogP contribution in [-0.4, -0.2) is 29.3 Å². The number of nitrogens with one attached hydrogen (secondary N) is 1. The van der Waals surface area contributed by atoms with Crippen molar-refractivity contribution in [3.63, 3.8) is 0 Å². The monoisotopic (exact) mass is 388 g/mol. The van der Waals surface area contributed by atoms with Gasteiger partial charge in [0.15, 0.2) is 0 Å². The van der Waals surface area contributed by atoms with Gasteiger partial charge in [0.05, 0.1) is 5.56 Å². The van der Waals surface area contributed by atoms with E-state index in [1.54, 1.807) is 24.3 Å². The summed E-state index contributed by atoms with van der Waals surface area (Å²) in [5.41, 5.74) is 0.395. The number of carbonyl (C=O) groups is 2. The van der Waals surface area contributed by atoms with E-state index in [1.807, 2.05) is 6.07 Å². The minimum Gasteiger partial charge on any atom is -0.327 e. The predicted molar refractivity (Wildman–Crippen MR) is 100 cm³/mol. The predicted octanol–water partition coefficient (Wildman–Crippen LogP) is 4.35. The van der Waals surface area contributed by atoms with Crippen LogP contribution in [0, 0.1) is 0 Å². The minimum atomic E-state index is -4.40. The van der Waals surface area contributed by atoms with Crippen molar-refractivity contribution in [2.45, 2.75) is 25.1 Å². The van der Waals surface area contributed by atoms with Crippen LogP contribution >= 0.6 is 0 Å². The minimum absolute atomic E-state index is 0.250. The number of alkyl halides is 3. The lowest BCUT2D eigenvalue weighted by atomic mass is 10.1. The SMILES string of the molecule is O=C(Nc1ccccc1)C1CCCN1C(=O)/C=C/c1ccc(C(F)(F)F)cc1. The lowest BCUT2D eigenvalue weighted by Gasteiger charge is -2.22. The molecule has 1 aliphatic heterocycles. The first kappa shape index (κ1) is 19.7. The van der Waals surface area contributed by atoms with Gasteiger partial charge in [-0.2, -0.15) is 13.2 Å². The Bertz CT molecular complexity index is 861. The first-order chi connectivity index (χ1) is 13.3. The van der Waals surface area contributed by atoms with E-state index in [0.29, 0.717) is 30.6 Å². The molecule has 3 rings (SSSR count). The number of benzene rings is 2. The molecule has 0 aliphatic carbocycles. The Balaban J connectivity index is 1.64. The molecule has 146 valence electrons. The molecule has 2 amide bonds. The van der Waals surface area contributed by atoms with Gasteiger partial charge >= 0.3 is 6.18 Å². The van der Waals surface area contributed by atoms with Crippen LogP contribution < -0.4 is 5.32 Å². The highest BCUT2D eigenvalue weighted by atomic mass is 19.4. The summed E-state index contributed by atoms with van der Waals surface area (Å²) in [6, 6.07) is 13.0. The molecular weight excluding hydrogens is 369 g/mol. The van der Waals surface area contributed by atoms with Gasteiger partial charge in [-0.05, 0) is 48.7 Å². The first-order valence-electron chi connectivity index (χ1n) is 8.86. The number of para-hydroxylation sites is 1. The molecule has 2 aromatic carbocycles. The number of likely N-dealkylation sites (tertiary alicyclic amines) is 1. The maximum Gasteiger partial charge on any atom is 0.416 e. The highest BCUT2D eigenvalue weighted by molar-refractivity contribution is 6.00. The summed E-state index contributed by atoms with van der Waals surface area (Å²) < 4.78 is 37.8. The van der Waals surface area contributed by atoms with Crippen LogP contribution in [0.1, 0.15) is 24.0 Å². The normalized spacial score (nSPS) is 17.1. The second-order valence-corrected chi connectivity index (χ2v) is 6.50. The molecule has 0 bridgehead atoms. The lowest BCUT2D eigenvalue weighted by Crippen LogP contribution is -2.42. The van der Waals surface area contributed by atoms with E-state index in [2.05, 4.69) is 5.32 Å². The second-order valence-electron chi connectivity index (χ2n) is 6.50. The molecule has 1 heterocycles. The fourth-order valence-corrected chi connectivity index (χ4v) is 3.10. The Labute approximate surface area is 160 Å². The Morgan fingerprint density at radius 3 is 2.36 bits per heavy atom. The molecule has 1 unspecified atom stereocenters. The zero-order valence-corrected chi connectivity index (χ0v) is 14.9. The average Bonchev–Trinajstić information content (AvgIpc) is 3.17. The smallest absolute Gasteiger partial charge is 0.327 e. The standard InChI is InChI=1S/C21H19F3N2O2/c22-21(23,24)16-11-8-15(9-12-16)10-13-19(27)26-14-4-7-18(26)20(28)25-17-5-2-1-3-6-17/h1-3,5-6,8-13,18H,4,7,14H2,(H,25,28)/b13-10+. The number of hydrogen-bond donors (Lipinski definition) is 1. The number of carbonyl (C=O) groups excluding carboxylic acids is 2. The molecule has 7 heteroatoms. The van der Waals surface area contributed by atoms with Crippen molar-refractivity contribution in [1.29, 1.82) is 0 Å². The highest BCUT2D eigenvalue weighted by Crippen LogP contribution is 2.29. The third-order valence-corrected chi connectivity index (χ3v) is 4.54. The quantitative estimate of drug-likeness (QED) is 0.792. The largest absolute Gasteiger partial charge is 0.416 e. The average molecular weight is 388 g/mol. The van der Waals surface area contributed by atoms with Gasteiger partial charge in [0.25, 0.3) is 0 Å². The van der Waals surface area contributed by atoms with E-state index in [0.717, 1.165) is 12.1 Å². The summed E-state index contributed by atoms with van der Waals surface area (Å²) in [5, 5.41) is 2.80. The number of rotatable bonds is 4. The lowest BCUT2D eigenvalue weighted by molar-refractivity contribution is -0.137. The van der Waals surface area contributed by atoms with Crippen molar-refractivity contribution in [2.75, 3.05) is 11.9 Å². The highest BCUT2D eigenvalue weighted by Gasteiger charge is 2.33. The summed E-state index contributed by atoms with van der Waals surface area (Å²) in [4.78, 5) is 26.5. The van der Waals surface area contributed by atoms with Gasteiger partial charge in [0.2, 0.25) is 11.8 Å². The summed E-state index contributed by atoms with van der Waals surface area (Å²) >= 11 is 0. The topological polar surface area (TPSA) is 49.4 Å². The van der Waals surface area contributed by atoms with Crippen LogP contribution in [0.25, 0.3) is 6.08 Å². The van der Waals surface area contributed by atoms with Gasteiger partial charge < -0.3 is 10.2 Å². The fraction of sp³-hybridized carbons (Fsp3) is 0.238. The van der Waals surface area contributed by atoms with Crippen molar-refractivity contribution in [1.82, 2.24) is 4.90 Å². The van der Waals surface area contributed by atoms with Crippen LogP contribution in [0.5, 0.6) is 0 Å². The number of anilines is 1. The van der Waals surface area contributed by atoms with Crippen LogP contribution in [-0.2, 0) is 15.8 Å². The van der Waals surface area contributed by atoms with E-state index < -0.39 is 17.8 Å². The van der Waals surface area contributed by atoms with Gasteiger partial charge in [0, 0.05) is 18.3 Å². The number of halogens is 3. The number of amides is 2. The fourth-order valence-electron chi connectivity index (χ4n) is 3.10. The van der Waals surface area contributed by atoms with E-state index >= 15 is 0 Å². The zero-order chi connectivity index (χ0) is 20.1. The molecule has 2 aromatic rings. The van der Waals surface area contributed by atoms with Crippen LogP contribution in [0.2, 0.25) is 0 Å². The molecule has 0 spiro atoms. The van der Waals surface area contributed by atoms with Crippen LogP contribution in [0.3, 0.4) is 0 Å². The van der Waals surface area contributed by atoms with Crippen molar-refractivity contribution in [3.8, 4) is 0 Å². The molecule has 0 radical (unpaired) electrons. The Morgan fingerprint density at radius 1 is 1.04 bits per heavy atom. The van der Waals surface area contributed by atoms with E-state index in [-0.39, 0.29) is 11.8 Å². The molecule has 1 fully saturated rings. The molecule has 1 aliphatic rings. The van der Waals surface area contributed by atoms with Crippen molar-refractivity contribution in [2.24, 2.45) is 0 Å². The third-order valence-electron chi connectivity index (χ3n) is 4.54. The molecule has 1 saturated heterocycles. The molecule has 0 aromatic heterocycles. The van der Waals surface area contributed by atoms with Crippen LogP contribution in [0.15, 0.2) is 60.7 Å². The van der Waals surface area contributed by atoms with Gasteiger partial charge in [-0.3, -0.25) is 9.59 Å². The third kappa shape index (κ3) is 4.79. The van der Waals surface area contributed by atoms with E-state index in [4.69, 9.17) is 0 Å². The summed E-state index contributed by atoms with van der Waals surface area (Å²) in [5.74, 6) is -0.592. The summed E-state index contributed by atoms with van der Waals surface area (Å²) in [6.45, 7) is 0.461. The molecule has 28 heavy (non-hydrogen) atoms. The van der Waals surface area contributed by atoms with E-state index in [9.17, 15) is 22.8 Å². The molecule has 1 atom stereocenters. The molecular formula is C21H19F3N2O2. The summed E-state index contributed by atoms with van der Waals surface area (Å²) in [7, 11) is 0. The Hall–Kier alpha value is -3.09. The van der Waals surface area contributed by atoms with Gasteiger partial charge in [-0.15, -0.1) is 0 Å². The zero-order valence-electron chi connectivity index (χ0n) is 14.9. The maximum atomic E-state index is 12.6. The second kappa shape index (κ2) is 8.29. The first-order valence-corrected chi connectivity index (χ1v) is 8.86. The van der Waals surface area contributed by atoms with Gasteiger partial charge in [-0.1, -0.05) is 30.3 Å². The molecule has 0 saturated carbocycles. The Kier molecular flexibility index (Phi) is 5.82. The molecule has 1 N–H and O–H groups in total. The van der Waals surface area contributed by atoms with Gasteiger partial charge in [-0.25, -0.2) is 0 Å². The van der Waals surface area contributed by atoms with Crippen molar-refractivity contribution >= 4 is 23.6 Å².